The smallest absolute Gasteiger partial charge is 0.408 e. The average molecular weight is 909 g/mol. The first-order chi connectivity index (χ1) is 32.1. The van der Waals surface area contributed by atoms with Crippen LogP contribution in [-0.4, -0.2) is 60.1 Å². The van der Waals surface area contributed by atoms with Gasteiger partial charge in [-0.2, -0.15) is 0 Å². The molecule has 0 aliphatic carbocycles. The molecule has 0 aliphatic heterocycles. The minimum Gasteiger partial charge on any atom is -0.488 e. The number of carbonyl (C=O) groups is 5. The quantitative estimate of drug-likeness (QED) is 0.0305. The number of rotatable bonds is 22. The van der Waals surface area contributed by atoms with E-state index in [1.54, 1.807) is 19.1 Å². The maximum atomic E-state index is 14.6. The predicted molar refractivity (Wildman–Crippen MR) is 260 cm³/mol. The van der Waals surface area contributed by atoms with E-state index in [0.717, 1.165) is 27.8 Å². The molecular formula is C55H64N4O8. The van der Waals surface area contributed by atoms with E-state index in [1.807, 2.05) is 168 Å². The molecule has 5 aromatic rings. The Hall–Kier alpha value is -7.21. The largest absolute Gasteiger partial charge is 0.488 e. The van der Waals surface area contributed by atoms with E-state index in [9.17, 15) is 24.0 Å². The first-order valence-electron chi connectivity index (χ1n) is 22.8. The van der Waals surface area contributed by atoms with Gasteiger partial charge in [-0.15, -0.1) is 0 Å². The maximum absolute atomic E-state index is 14.6. The van der Waals surface area contributed by atoms with Crippen molar-refractivity contribution in [2.45, 2.75) is 103 Å². The molecule has 0 fully saturated rings. The number of esters is 1. The third-order valence-electron chi connectivity index (χ3n) is 10.7. The maximum Gasteiger partial charge on any atom is 0.408 e. The van der Waals surface area contributed by atoms with Crippen LogP contribution in [0.1, 0.15) is 88.6 Å². The number of hydrogen-bond acceptors (Lipinski definition) is 8. The van der Waals surface area contributed by atoms with Gasteiger partial charge in [-0.3, -0.25) is 14.4 Å². The molecule has 67 heavy (non-hydrogen) atoms. The molecule has 4 N–H and O–H groups in total. The standard InChI is InChI=1S/C55H64N4O8/c1-7-65-50(61)35-31-45(30-34-49(60)59-55(42-22-14-9-15-23-42,43-24-16-10-17-25-43)44-26-18-11-19-27-44)56-51(62)48(37-40-28-32-46(33-29-40)67-54(4,5)6)57-52(63)47(36-39(2)3)58-53(64)66-38-41-20-12-8-13-21-41/h8-29,31-33,35,39,45,47-48H,7,30,34,36-38H2,1-6H3,(H,56,62)(H,57,63)(H,58,64)(H,59,60)/b35-31+/t45-,47-,48-/m0/s1. The number of nitrogens with one attached hydrogen (secondary N) is 4. The number of ether oxygens (including phenoxy) is 3. The van der Waals surface area contributed by atoms with Crippen molar-refractivity contribution < 1.29 is 38.2 Å². The summed E-state index contributed by atoms with van der Waals surface area (Å²) in [5.41, 5.74) is 2.53. The summed E-state index contributed by atoms with van der Waals surface area (Å²) in [7, 11) is 0. The Morgan fingerprint density at radius 2 is 1.13 bits per heavy atom. The molecule has 3 atom stereocenters. The van der Waals surface area contributed by atoms with E-state index >= 15 is 0 Å². The van der Waals surface area contributed by atoms with Crippen molar-refractivity contribution >= 4 is 29.8 Å². The Bertz CT molecular complexity index is 2270. The molecule has 0 heterocycles. The molecule has 5 aromatic carbocycles. The van der Waals surface area contributed by atoms with Gasteiger partial charge in [0.25, 0.3) is 0 Å². The van der Waals surface area contributed by atoms with Crippen LogP contribution in [0.4, 0.5) is 4.79 Å². The summed E-state index contributed by atoms with van der Waals surface area (Å²) in [5, 5.41) is 11.9. The Morgan fingerprint density at radius 3 is 1.64 bits per heavy atom. The zero-order valence-corrected chi connectivity index (χ0v) is 39.3. The average Bonchev–Trinajstić information content (AvgIpc) is 3.31. The van der Waals surface area contributed by atoms with Crippen LogP contribution < -0.4 is 26.0 Å². The molecule has 12 heteroatoms. The lowest BCUT2D eigenvalue weighted by Crippen LogP contribution is -2.55. The van der Waals surface area contributed by atoms with Gasteiger partial charge in [-0.05, 0) is 86.4 Å². The van der Waals surface area contributed by atoms with Crippen LogP contribution in [0.5, 0.6) is 5.75 Å². The molecular weight excluding hydrogens is 845 g/mol. The first-order valence-corrected chi connectivity index (χ1v) is 22.8. The fourth-order valence-electron chi connectivity index (χ4n) is 7.60. The van der Waals surface area contributed by atoms with Gasteiger partial charge < -0.3 is 35.5 Å². The fraction of sp³-hybridized carbons (Fsp3) is 0.327. The fourth-order valence-corrected chi connectivity index (χ4v) is 7.60. The summed E-state index contributed by atoms with van der Waals surface area (Å²) in [6, 6.07) is 42.5. The van der Waals surface area contributed by atoms with Gasteiger partial charge in [0, 0.05) is 25.0 Å². The van der Waals surface area contributed by atoms with Crippen molar-refractivity contribution in [2.24, 2.45) is 5.92 Å². The first kappa shape index (κ1) is 50.8. The second kappa shape index (κ2) is 24.9. The van der Waals surface area contributed by atoms with Crippen molar-refractivity contribution in [1.29, 1.82) is 0 Å². The molecule has 352 valence electrons. The lowest BCUT2D eigenvalue weighted by molar-refractivity contribution is -0.137. The number of carbonyl (C=O) groups excluding carboxylic acids is 5. The second-order valence-electron chi connectivity index (χ2n) is 17.7. The van der Waals surface area contributed by atoms with Crippen molar-refractivity contribution in [1.82, 2.24) is 21.3 Å². The molecule has 0 saturated heterocycles. The molecule has 0 radical (unpaired) electrons. The van der Waals surface area contributed by atoms with E-state index in [4.69, 9.17) is 14.2 Å². The van der Waals surface area contributed by atoms with Gasteiger partial charge in [-0.1, -0.05) is 153 Å². The summed E-state index contributed by atoms with van der Waals surface area (Å²) in [6.45, 7) is 11.5. The Kier molecular flexibility index (Phi) is 18.9. The highest BCUT2D eigenvalue weighted by Crippen LogP contribution is 2.37. The number of hydrogen-bond donors (Lipinski definition) is 4. The predicted octanol–water partition coefficient (Wildman–Crippen LogP) is 8.72. The van der Waals surface area contributed by atoms with E-state index in [-0.39, 0.29) is 50.7 Å². The number of benzene rings is 5. The number of alkyl carbamates (subject to hydrolysis) is 1. The topological polar surface area (TPSA) is 161 Å². The molecule has 4 amide bonds. The van der Waals surface area contributed by atoms with E-state index in [2.05, 4.69) is 21.3 Å². The van der Waals surface area contributed by atoms with Crippen molar-refractivity contribution in [3.8, 4) is 5.75 Å². The van der Waals surface area contributed by atoms with Crippen LogP contribution in [0.25, 0.3) is 0 Å². The van der Waals surface area contributed by atoms with Crippen LogP contribution in [0.2, 0.25) is 0 Å². The number of amides is 4. The van der Waals surface area contributed by atoms with Gasteiger partial charge in [0.05, 0.1) is 6.61 Å². The normalized spacial score (nSPS) is 12.9. The monoisotopic (exact) mass is 908 g/mol. The van der Waals surface area contributed by atoms with Crippen molar-refractivity contribution in [2.75, 3.05) is 6.61 Å². The van der Waals surface area contributed by atoms with Gasteiger partial charge in [0.15, 0.2) is 0 Å². The summed E-state index contributed by atoms with van der Waals surface area (Å²) in [5.74, 6) is -1.48. The minimum atomic E-state index is -1.16. The van der Waals surface area contributed by atoms with Gasteiger partial charge >= 0.3 is 12.1 Å². The minimum absolute atomic E-state index is 0.00707. The Balaban J connectivity index is 1.41. The van der Waals surface area contributed by atoms with Crippen LogP contribution >= 0.6 is 0 Å². The molecule has 0 spiro atoms. The van der Waals surface area contributed by atoms with Gasteiger partial charge in [-0.25, -0.2) is 9.59 Å². The highest BCUT2D eigenvalue weighted by Gasteiger charge is 2.38. The SMILES string of the molecule is CCOC(=O)/C=C/[C@H](CCC(=O)NC(c1ccccc1)(c1ccccc1)c1ccccc1)NC(=O)[C@H](Cc1ccc(OC(C)(C)C)cc1)NC(=O)[C@H](CC(C)C)NC(=O)OCc1ccccc1. The second-order valence-corrected chi connectivity index (χ2v) is 17.7. The summed E-state index contributed by atoms with van der Waals surface area (Å²) >= 11 is 0. The summed E-state index contributed by atoms with van der Waals surface area (Å²) in [4.78, 5) is 68.8. The zero-order chi connectivity index (χ0) is 48.2. The van der Waals surface area contributed by atoms with Crippen LogP contribution in [0.15, 0.2) is 158 Å². The van der Waals surface area contributed by atoms with E-state index in [1.165, 1.54) is 12.2 Å². The van der Waals surface area contributed by atoms with Crippen LogP contribution in [0, 0.1) is 5.92 Å². The zero-order valence-electron chi connectivity index (χ0n) is 39.3. The van der Waals surface area contributed by atoms with Crippen LogP contribution in [0.3, 0.4) is 0 Å². The third-order valence-corrected chi connectivity index (χ3v) is 10.7. The lowest BCUT2D eigenvalue weighted by Gasteiger charge is -2.37. The highest BCUT2D eigenvalue weighted by molar-refractivity contribution is 5.92. The molecule has 5 rings (SSSR count). The summed E-state index contributed by atoms with van der Waals surface area (Å²) in [6.07, 6.45) is 2.26. The third kappa shape index (κ3) is 16.0. The molecule has 0 bridgehead atoms. The molecule has 12 nitrogen and oxygen atoms in total. The van der Waals surface area contributed by atoms with E-state index in [0.29, 0.717) is 5.75 Å². The van der Waals surface area contributed by atoms with Crippen molar-refractivity contribution in [3.63, 3.8) is 0 Å². The van der Waals surface area contributed by atoms with Gasteiger partial charge in [0.2, 0.25) is 17.7 Å². The molecule has 0 unspecified atom stereocenters. The lowest BCUT2D eigenvalue weighted by atomic mass is 9.77. The molecule has 0 aliphatic rings. The van der Waals surface area contributed by atoms with Gasteiger partial charge in [0.1, 0.15) is 35.6 Å². The molecule has 0 saturated carbocycles. The Labute approximate surface area is 394 Å². The molecule has 0 aromatic heterocycles. The van der Waals surface area contributed by atoms with Crippen LogP contribution in [-0.2, 0) is 47.2 Å². The highest BCUT2D eigenvalue weighted by atomic mass is 16.5. The van der Waals surface area contributed by atoms with E-state index < -0.39 is 53.1 Å². The Morgan fingerprint density at radius 1 is 0.612 bits per heavy atom. The summed E-state index contributed by atoms with van der Waals surface area (Å²) < 4.78 is 16.6. The van der Waals surface area contributed by atoms with Crippen molar-refractivity contribution in [3.05, 3.63) is 186 Å².